The lowest BCUT2D eigenvalue weighted by molar-refractivity contribution is 0.121. The fourth-order valence-corrected chi connectivity index (χ4v) is 1.90. The summed E-state index contributed by atoms with van der Waals surface area (Å²) in [6.07, 6.45) is 0.766. The van der Waals surface area contributed by atoms with Gasteiger partial charge >= 0.3 is 0 Å². The van der Waals surface area contributed by atoms with Gasteiger partial charge in [-0.25, -0.2) is 0 Å². The topological polar surface area (TPSA) is 48.4 Å². The summed E-state index contributed by atoms with van der Waals surface area (Å²) in [5.74, 6) is 0. The maximum atomic E-state index is 9.85. The van der Waals surface area contributed by atoms with E-state index >= 15 is 0 Å². The molecule has 1 unspecified atom stereocenters. The van der Waals surface area contributed by atoms with Gasteiger partial charge in [0.1, 0.15) is 0 Å². The second-order valence-corrected chi connectivity index (χ2v) is 4.83. The Labute approximate surface area is 110 Å². The van der Waals surface area contributed by atoms with Gasteiger partial charge in [0, 0.05) is 25.3 Å². The molecule has 1 rings (SSSR count). The molecule has 0 saturated heterocycles. The molecule has 0 fully saturated rings. The van der Waals surface area contributed by atoms with Crippen LogP contribution in [0.3, 0.4) is 0 Å². The van der Waals surface area contributed by atoms with Gasteiger partial charge in [-0.05, 0) is 39.1 Å². The third-order valence-corrected chi connectivity index (χ3v) is 2.71. The Morgan fingerprint density at radius 2 is 2.22 bits per heavy atom. The first-order valence-corrected chi connectivity index (χ1v) is 6.61. The van der Waals surface area contributed by atoms with Crippen LogP contribution in [0.25, 0.3) is 0 Å². The van der Waals surface area contributed by atoms with Gasteiger partial charge in [0.05, 0.1) is 11.8 Å². The van der Waals surface area contributed by atoms with Crippen LogP contribution in [0.4, 0.5) is 0 Å². The minimum atomic E-state index is -0.327. The normalized spacial score (nSPS) is 12.9. The molecule has 0 amide bonds. The van der Waals surface area contributed by atoms with Gasteiger partial charge in [0.15, 0.2) is 0 Å². The molecule has 0 aliphatic heterocycles. The van der Waals surface area contributed by atoms with E-state index in [0.717, 1.165) is 30.9 Å². The second kappa shape index (κ2) is 8.19. The number of hydrogen-bond acceptors (Lipinski definition) is 4. The van der Waals surface area contributed by atoms with Crippen LogP contribution >= 0.6 is 0 Å². The summed E-state index contributed by atoms with van der Waals surface area (Å²) in [6, 6.07) is 6.03. The van der Waals surface area contributed by atoms with Gasteiger partial charge in [0.25, 0.3) is 0 Å². The SMILES string of the molecule is CCCNCC(O)CN(C)Cc1cccc(C)n1. The fraction of sp³-hybridized carbons (Fsp3) is 0.643. The molecule has 0 aromatic carbocycles. The summed E-state index contributed by atoms with van der Waals surface area (Å²) < 4.78 is 0. The molecule has 1 aromatic heterocycles. The highest BCUT2D eigenvalue weighted by Crippen LogP contribution is 2.02. The van der Waals surface area contributed by atoms with Gasteiger partial charge in [-0.2, -0.15) is 0 Å². The number of pyridine rings is 1. The predicted molar refractivity (Wildman–Crippen MR) is 74.5 cm³/mol. The Kier molecular flexibility index (Phi) is 6.86. The molecule has 0 aliphatic carbocycles. The number of aliphatic hydroxyl groups is 1. The second-order valence-electron chi connectivity index (χ2n) is 4.83. The van der Waals surface area contributed by atoms with Crippen molar-refractivity contribution in [2.24, 2.45) is 0 Å². The van der Waals surface area contributed by atoms with Crippen LogP contribution in [0.15, 0.2) is 18.2 Å². The summed E-state index contributed by atoms with van der Waals surface area (Å²) >= 11 is 0. The average Bonchev–Trinajstić information content (AvgIpc) is 2.29. The lowest BCUT2D eigenvalue weighted by Crippen LogP contribution is -2.36. The highest BCUT2D eigenvalue weighted by molar-refractivity contribution is 5.09. The zero-order valence-electron chi connectivity index (χ0n) is 11.7. The molecule has 0 aliphatic rings. The van der Waals surface area contributed by atoms with Crippen LogP contribution in [0.2, 0.25) is 0 Å². The maximum Gasteiger partial charge on any atom is 0.0791 e. The summed E-state index contributed by atoms with van der Waals surface area (Å²) in [6.45, 7) is 7.15. The van der Waals surface area contributed by atoms with Crippen molar-refractivity contribution in [1.29, 1.82) is 0 Å². The van der Waals surface area contributed by atoms with Crippen LogP contribution in [0.1, 0.15) is 24.7 Å². The van der Waals surface area contributed by atoms with E-state index in [0.29, 0.717) is 13.1 Å². The van der Waals surface area contributed by atoms with Crippen LogP contribution in [-0.4, -0.2) is 47.8 Å². The molecule has 4 nitrogen and oxygen atoms in total. The molecule has 102 valence electrons. The first kappa shape index (κ1) is 15.1. The fourth-order valence-electron chi connectivity index (χ4n) is 1.90. The number of nitrogens with one attached hydrogen (secondary N) is 1. The van der Waals surface area contributed by atoms with E-state index in [2.05, 4.69) is 22.1 Å². The van der Waals surface area contributed by atoms with Crippen LogP contribution < -0.4 is 5.32 Å². The summed E-state index contributed by atoms with van der Waals surface area (Å²) in [7, 11) is 2.01. The third kappa shape index (κ3) is 6.10. The van der Waals surface area contributed by atoms with Crippen LogP contribution in [0, 0.1) is 6.92 Å². The molecular formula is C14H25N3O. The van der Waals surface area contributed by atoms with Gasteiger partial charge in [0.2, 0.25) is 0 Å². The molecule has 0 saturated carbocycles. The number of aliphatic hydroxyl groups excluding tert-OH is 1. The number of likely N-dealkylation sites (N-methyl/N-ethyl adjacent to an activating group) is 1. The average molecular weight is 251 g/mol. The van der Waals surface area contributed by atoms with E-state index in [4.69, 9.17) is 0 Å². The molecule has 18 heavy (non-hydrogen) atoms. The highest BCUT2D eigenvalue weighted by Gasteiger charge is 2.08. The van der Waals surface area contributed by atoms with Gasteiger partial charge < -0.3 is 10.4 Å². The standard InChI is InChI=1S/C14H25N3O/c1-4-8-15-9-14(18)11-17(3)10-13-7-5-6-12(2)16-13/h5-7,14-15,18H,4,8-11H2,1-3H3. The molecule has 1 aromatic rings. The zero-order valence-corrected chi connectivity index (χ0v) is 11.7. The molecule has 4 heteroatoms. The smallest absolute Gasteiger partial charge is 0.0791 e. The molecular weight excluding hydrogens is 226 g/mol. The van der Waals surface area contributed by atoms with Gasteiger partial charge in [-0.15, -0.1) is 0 Å². The van der Waals surface area contributed by atoms with E-state index in [1.807, 2.05) is 32.2 Å². The van der Waals surface area contributed by atoms with E-state index in [9.17, 15) is 5.11 Å². The monoisotopic (exact) mass is 251 g/mol. The van der Waals surface area contributed by atoms with E-state index < -0.39 is 0 Å². The molecule has 1 atom stereocenters. The van der Waals surface area contributed by atoms with Crippen molar-refractivity contribution in [3.8, 4) is 0 Å². The van der Waals surface area contributed by atoms with Crippen molar-refractivity contribution in [1.82, 2.24) is 15.2 Å². The Hall–Kier alpha value is -0.970. The molecule has 1 heterocycles. The van der Waals surface area contributed by atoms with Crippen molar-refractivity contribution in [2.75, 3.05) is 26.7 Å². The van der Waals surface area contributed by atoms with E-state index in [1.165, 1.54) is 0 Å². The molecule has 2 N–H and O–H groups in total. The maximum absolute atomic E-state index is 9.85. The van der Waals surface area contributed by atoms with Crippen molar-refractivity contribution in [3.05, 3.63) is 29.6 Å². The van der Waals surface area contributed by atoms with Crippen molar-refractivity contribution in [2.45, 2.75) is 32.9 Å². The van der Waals surface area contributed by atoms with Gasteiger partial charge in [-0.1, -0.05) is 13.0 Å². The van der Waals surface area contributed by atoms with Crippen LogP contribution in [-0.2, 0) is 6.54 Å². The van der Waals surface area contributed by atoms with Crippen molar-refractivity contribution >= 4 is 0 Å². The number of hydrogen-bond donors (Lipinski definition) is 2. The van der Waals surface area contributed by atoms with Crippen molar-refractivity contribution in [3.63, 3.8) is 0 Å². The predicted octanol–water partition coefficient (Wildman–Crippen LogP) is 1.18. The lowest BCUT2D eigenvalue weighted by atomic mass is 10.2. The largest absolute Gasteiger partial charge is 0.390 e. The number of aromatic nitrogens is 1. The molecule has 0 radical (unpaired) electrons. The summed E-state index contributed by atoms with van der Waals surface area (Å²) in [4.78, 5) is 6.55. The zero-order chi connectivity index (χ0) is 13.4. The summed E-state index contributed by atoms with van der Waals surface area (Å²) in [5, 5.41) is 13.1. The van der Waals surface area contributed by atoms with Crippen molar-refractivity contribution < 1.29 is 5.11 Å². The Morgan fingerprint density at radius 1 is 1.44 bits per heavy atom. The van der Waals surface area contributed by atoms with E-state index in [-0.39, 0.29) is 6.10 Å². The number of rotatable bonds is 8. The minimum Gasteiger partial charge on any atom is -0.390 e. The van der Waals surface area contributed by atoms with Crippen LogP contribution in [0.5, 0.6) is 0 Å². The number of nitrogens with zero attached hydrogens (tertiary/aromatic N) is 2. The molecule has 0 bridgehead atoms. The number of aryl methyl sites for hydroxylation is 1. The first-order chi connectivity index (χ1) is 8.61. The van der Waals surface area contributed by atoms with Gasteiger partial charge in [-0.3, -0.25) is 9.88 Å². The highest BCUT2D eigenvalue weighted by atomic mass is 16.3. The first-order valence-electron chi connectivity index (χ1n) is 6.61. The summed E-state index contributed by atoms with van der Waals surface area (Å²) in [5.41, 5.74) is 2.08. The Morgan fingerprint density at radius 3 is 2.89 bits per heavy atom. The minimum absolute atomic E-state index is 0.327. The Bertz CT molecular complexity index is 344. The third-order valence-electron chi connectivity index (χ3n) is 2.71. The molecule has 0 spiro atoms. The Balaban J connectivity index is 2.30. The van der Waals surface area contributed by atoms with E-state index in [1.54, 1.807) is 0 Å². The quantitative estimate of drug-likeness (QED) is 0.681. The lowest BCUT2D eigenvalue weighted by Gasteiger charge is -2.20.